The van der Waals surface area contributed by atoms with Crippen LogP contribution in [-0.2, 0) is 13.3 Å². The molecule has 1 aliphatic rings. The third-order valence-corrected chi connectivity index (χ3v) is 4.92. The molecule has 1 aromatic heterocycles. The first-order chi connectivity index (χ1) is 12.2. The van der Waals surface area contributed by atoms with Crippen LogP contribution in [0.2, 0.25) is 0 Å². The standard InChI is InChI=1S/C18H25N3O3S/c1-20(14-6-4-3-5-7-14)13-21-18(25)24-17(19-21)12-23-16-10-8-15(22-2)9-11-16/h8-11,14H,3-7,12-13H2,1-2H3. The first-order valence-corrected chi connectivity index (χ1v) is 9.10. The Hall–Kier alpha value is -1.86. The molecule has 1 saturated carbocycles. The van der Waals surface area contributed by atoms with Crippen LogP contribution in [0, 0.1) is 4.84 Å². The highest BCUT2D eigenvalue weighted by atomic mass is 32.1. The summed E-state index contributed by atoms with van der Waals surface area (Å²) in [6.07, 6.45) is 6.45. The summed E-state index contributed by atoms with van der Waals surface area (Å²) >= 11 is 5.29. The minimum Gasteiger partial charge on any atom is -0.497 e. The largest absolute Gasteiger partial charge is 0.497 e. The molecule has 1 aliphatic carbocycles. The molecule has 3 rings (SSSR count). The normalized spacial score (nSPS) is 15.5. The molecule has 0 spiro atoms. The van der Waals surface area contributed by atoms with E-state index in [-0.39, 0.29) is 6.61 Å². The molecule has 0 amide bonds. The Morgan fingerprint density at radius 1 is 1.20 bits per heavy atom. The van der Waals surface area contributed by atoms with E-state index in [1.807, 2.05) is 24.3 Å². The first-order valence-electron chi connectivity index (χ1n) is 8.69. The van der Waals surface area contributed by atoms with E-state index < -0.39 is 0 Å². The smallest absolute Gasteiger partial charge is 0.288 e. The predicted octanol–water partition coefficient (Wildman–Crippen LogP) is 4.02. The van der Waals surface area contributed by atoms with Crippen LogP contribution in [0.5, 0.6) is 11.5 Å². The van der Waals surface area contributed by atoms with Gasteiger partial charge in [-0.2, -0.15) is 0 Å². The molecule has 2 aromatic rings. The molecule has 0 N–H and O–H groups in total. The van der Waals surface area contributed by atoms with Gasteiger partial charge in [-0.05, 0) is 56.4 Å². The number of hydrogen-bond acceptors (Lipinski definition) is 6. The average molecular weight is 363 g/mol. The summed E-state index contributed by atoms with van der Waals surface area (Å²) in [6, 6.07) is 8.00. The zero-order chi connectivity index (χ0) is 17.6. The van der Waals surface area contributed by atoms with Crippen molar-refractivity contribution in [2.75, 3.05) is 14.2 Å². The van der Waals surface area contributed by atoms with Crippen molar-refractivity contribution in [3.63, 3.8) is 0 Å². The average Bonchev–Trinajstić information content (AvgIpc) is 3.00. The summed E-state index contributed by atoms with van der Waals surface area (Å²) < 4.78 is 18.1. The summed E-state index contributed by atoms with van der Waals surface area (Å²) in [4.78, 5) is 2.70. The van der Waals surface area contributed by atoms with Crippen LogP contribution in [0.4, 0.5) is 0 Å². The summed E-state index contributed by atoms with van der Waals surface area (Å²) in [5.74, 6) is 2.01. The fourth-order valence-electron chi connectivity index (χ4n) is 3.16. The second kappa shape index (κ2) is 8.49. The van der Waals surface area contributed by atoms with Gasteiger partial charge in [0.2, 0.25) is 0 Å². The maximum atomic E-state index is 5.70. The maximum Gasteiger partial charge on any atom is 0.288 e. The van der Waals surface area contributed by atoms with Crippen molar-refractivity contribution in [2.45, 2.75) is 51.4 Å². The van der Waals surface area contributed by atoms with E-state index in [9.17, 15) is 0 Å². The molecular formula is C18H25N3O3S. The molecule has 7 heteroatoms. The lowest BCUT2D eigenvalue weighted by Crippen LogP contribution is -2.35. The van der Waals surface area contributed by atoms with Crippen molar-refractivity contribution in [1.82, 2.24) is 14.7 Å². The Morgan fingerprint density at radius 3 is 2.56 bits per heavy atom. The summed E-state index contributed by atoms with van der Waals surface area (Å²) in [7, 11) is 3.76. The lowest BCUT2D eigenvalue weighted by Gasteiger charge is -2.30. The van der Waals surface area contributed by atoms with Gasteiger partial charge in [0.15, 0.2) is 6.61 Å². The van der Waals surface area contributed by atoms with Crippen LogP contribution >= 0.6 is 12.2 Å². The van der Waals surface area contributed by atoms with Gasteiger partial charge in [0, 0.05) is 6.04 Å². The summed E-state index contributed by atoms with van der Waals surface area (Å²) in [6.45, 7) is 0.894. The van der Waals surface area contributed by atoms with Crippen LogP contribution in [0.15, 0.2) is 28.7 Å². The Morgan fingerprint density at radius 2 is 1.88 bits per heavy atom. The molecule has 0 radical (unpaired) electrons. The van der Waals surface area contributed by atoms with Gasteiger partial charge in [0.05, 0.1) is 13.8 Å². The maximum absolute atomic E-state index is 5.70. The zero-order valence-corrected chi connectivity index (χ0v) is 15.6. The van der Waals surface area contributed by atoms with Crippen molar-refractivity contribution in [3.8, 4) is 11.5 Å². The van der Waals surface area contributed by atoms with Gasteiger partial charge < -0.3 is 13.9 Å². The number of hydrogen-bond donors (Lipinski definition) is 0. The second-order valence-corrected chi connectivity index (χ2v) is 6.76. The lowest BCUT2D eigenvalue weighted by molar-refractivity contribution is 0.144. The third kappa shape index (κ3) is 4.83. The van der Waals surface area contributed by atoms with Gasteiger partial charge in [0.25, 0.3) is 10.7 Å². The number of ether oxygens (including phenoxy) is 2. The Kier molecular flexibility index (Phi) is 6.09. The van der Waals surface area contributed by atoms with Crippen LogP contribution in [0.25, 0.3) is 0 Å². The quantitative estimate of drug-likeness (QED) is 0.693. The Labute approximate surface area is 153 Å². The van der Waals surface area contributed by atoms with Gasteiger partial charge in [-0.3, -0.25) is 4.90 Å². The number of methoxy groups -OCH3 is 1. The van der Waals surface area contributed by atoms with Crippen LogP contribution in [0.3, 0.4) is 0 Å². The number of benzene rings is 1. The molecule has 0 saturated heterocycles. The van der Waals surface area contributed by atoms with E-state index >= 15 is 0 Å². The third-order valence-electron chi connectivity index (χ3n) is 4.62. The van der Waals surface area contributed by atoms with Gasteiger partial charge in [-0.1, -0.05) is 19.3 Å². The number of aromatic nitrogens is 2. The van der Waals surface area contributed by atoms with Gasteiger partial charge in [0.1, 0.15) is 11.5 Å². The zero-order valence-electron chi connectivity index (χ0n) is 14.8. The molecule has 1 heterocycles. The highest BCUT2D eigenvalue weighted by Crippen LogP contribution is 2.22. The van der Waals surface area contributed by atoms with Gasteiger partial charge in [-0.25, -0.2) is 4.68 Å². The topological polar surface area (TPSA) is 52.7 Å². The van der Waals surface area contributed by atoms with Crippen molar-refractivity contribution < 1.29 is 13.9 Å². The monoisotopic (exact) mass is 363 g/mol. The molecule has 0 unspecified atom stereocenters. The van der Waals surface area contributed by atoms with E-state index in [0.717, 1.165) is 11.5 Å². The fourth-order valence-corrected chi connectivity index (χ4v) is 3.36. The number of rotatable bonds is 7. The fraction of sp³-hybridized carbons (Fsp3) is 0.556. The van der Waals surface area contributed by atoms with Crippen molar-refractivity contribution in [2.24, 2.45) is 0 Å². The molecular weight excluding hydrogens is 338 g/mol. The van der Waals surface area contributed by atoms with Crippen molar-refractivity contribution in [3.05, 3.63) is 35.0 Å². The highest BCUT2D eigenvalue weighted by Gasteiger charge is 2.19. The minimum absolute atomic E-state index is 0.246. The molecule has 0 atom stereocenters. The molecule has 136 valence electrons. The van der Waals surface area contributed by atoms with Crippen LogP contribution in [-0.4, -0.2) is 34.9 Å². The summed E-state index contributed by atoms with van der Waals surface area (Å²) in [5, 5.41) is 4.45. The molecule has 1 aromatic carbocycles. The Balaban J connectivity index is 1.56. The highest BCUT2D eigenvalue weighted by molar-refractivity contribution is 7.71. The predicted molar refractivity (Wildman–Crippen MR) is 97.3 cm³/mol. The van der Waals surface area contributed by atoms with Crippen LogP contribution in [0.1, 0.15) is 38.0 Å². The SMILES string of the molecule is COc1ccc(OCc2nn(CN(C)C3CCCCC3)c(=S)o2)cc1. The molecule has 1 fully saturated rings. The lowest BCUT2D eigenvalue weighted by atomic mass is 9.95. The van der Waals surface area contributed by atoms with Crippen molar-refractivity contribution in [1.29, 1.82) is 0 Å². The summed E-state index contributed by atoms with van der Waals surface area (Å²) in [5.41, 5.74) is 0. The van der Waals surface area contributed by atoms with Crippen molar-refractivity contribution >= 4 is 12.2 Å². The van der Waals surface area contributed by atoms with Crippen LogP contribution < -0.4 is 9.47 Å². The molecule has 25 heavy (non-hydrogen) atoms. The van der Waals surface area contributed by atoms with Gasteiger partial charge >= 0.3 is 0 Å². The van der Waals surface area contributed by atoms with E-state index in [1.165, 1.54) is 32.1 Å². The number of nitrogens with zero attached hydrogens (tertiary/aromatic N) is 3. The van der Waals surface area contributed by atoms with E-state index in [0.29, 0.717) is 23.4 Å². The molecule has 6 nitrogen and oxygen atoms in total. The van der Waals surface area contributed by atoms with E-state index in [4.69, 9.17) is 26.1 Å². The molecule has 0 bridgehead atoms. The van der Waals surface area contributed by atoms with E-state index in [2.05, 4.69) is 17.0 Å². The van der Waals surface area contributed by atoms with E-state index in [1.54, 1.807) is 11.8 Å². The first kappa shape index (κ1) is 17.9. The minimum atomic E-state index is 0.246. The Bertz CT molecular complexity index is 720. The molecule has 0 aliphatic heterocycles. The van der Waals surface area contributed by atoms with Gasteiger partial charge in [-0.15, -0.1) is 5.10 Å². The second-order valence-electron chi connectivity index (χ2n) is 6.42.